The van der Waals surface area contributed by atoms with Crippen molar-refractivity contribution in [2.45, 2.75) is 19.4 Å². The minimum absolute atomic E-state index is 0.562. The predicted molar refractivity (Wildman–Crippen MR) is 122 cm³/mol. The molecule has 2 aromatic carbocycles. The van der Waals surface area contributed by atoms with E-state index in [-0.39, 0.29) is 0 Å². The van der Waals surface area contributed by atoms with Gasteiger partial charge in [0, 0.05) is 20.1 Å². The number of hydrogen-bond donors (Lipinski definition) is 2. The van der Waals surface area contributed by atoms with Crippen LogP contribution >= 0.6 is 0 Å². The number of guanidine groups is 1. The fraction of sp³-hybridized carbons (Fsp3) is 0.435. The Labute approximate surface area is 184 Å². The zero-order chi connectivity index (χ0) is 22.6. The average molecular weight is 432 g/mol. The second kappa shape index (κ2) is 12.4. The summed E-state index contributed by atoms with van der Waals surface area (Å²) in [5.41, 5.74) is 2.18. The Hall–Kier alpha value is -3.29. The van der Waals surface area contributed by atoms with Crippen LogP contribution in [0, 0.1) is 0 Å². The molecule has 0 aliphatic rings. The molecule has 0 heterocycles. The van der Waals surface area contributed by atoms with E-state index in [4.69, 9.17) is 23.7 Å². The normalized spacial score (nSPS) is 11.0. The van der Waals surface area contributed by atoms with Crippen LogP contribution in [0.15, 0.2) is 35.3 Å². The molecule has 170 valence electrons. The number of aryl methyl sites for hydroxylation is 1. The van der Waals surface area contributed by atoms with Crippen LogP contribution in [0.1, 0.15) is 17.5 Å². The van der Waals surface area contributed by atoms with Gasteiger partial charge in [-0.1, -0.05) is 6.07 Å². The van der Waals surface area contributed by atoms with Crippen LogP contribution in [-0.2, 0) is 13.0 Å². The Morgan fingerprint density at radius 3 is 1.90 bits per heavy atom. The van der Waals surface area contributed by atoms with E-state index in [9.17, 15) is 0 Å². The summed E-state index contributed by atoms with van der Waals surface area (Å²) in [6.45, 7) is 1.34. The number of hydrogen-bond acceptors (Lipinski definition) is 6. The Kier molecular flexibility index (Phi) is 9.61. The highest BCUT2D eigenvalue weighted by Gasteiger charge is 2.13. The molecule has 0 aliphatic heterocycles. The summed E-state index contributed by atoms with van der Waals surface area (Å²) in [6, 6.07) is 9.83. The van der Waals surface area contributed by atoms with Crippen LogP contribution in [-0.4, -0.2) is 55.1 Å². The largest absolute Gasteiger partial charge is 0.493 e. The molecular weight excluding hydrogens is 398 g/mol. The third-order valence-corrected chi connectivity index (χ3v) is 4.79. The molecule has 0 aromatic heterocycles. The van der Waals surface area contributed by atoms with Crippen molar-refractivity contribution in [2.75, 3.05) is 49.1 Å². The maximum atomic E-state index is 5.41. The second-order valence-electron chi connectivity index (χ2n) is 6.68. The number of nitrogens with zero attached hydrogens (tertiary/aromatic N) is 1. The summed E-state index contributed by atoms with van der Waals surface area (Å²) in [5.74, 6) is 4.03. The highest BCUT2D eigenvalue weighted by atomic mass is 16.5. The summed E-state index contributed by atoms with van der Waals surface area (Å²) >= 11 is 0. The van der Waals surface area contributed by atoms with Crippen molar-refractivity contribution < 1.29 is 23.7 Å². The lowest BCUT2D eigenvalue weighted by Gasteiger charge is -2.16. The van der Waals surface area contributed by atoms with Crippen molar-refractivity contribution in [3.05, 3.63) is 41.5 Å². The first-order chi connectivity index (χ1) is 15.1. The van der Waals surface area contributed by atoms with E-state index in [0.717, 1.165) is 42.4 Å². The van der Waals surface area contributed by atoms with E-state index < -0.39 is 0 Å². The molecular formula is C23H33N3O5. The summed E-state index contributed by atoms with van der Waals surface area (Å²) in [4.78, 5) is 4.29. The summed E-state index contributed by atoms with van der Waals surface area (Å²) < 4.78 is 26.8. The number of ether oxygens (including phenoxy) is 5. The zero-order valence-electron chi connectivity index (χ0n) is 19.2. The lowest BCUT2D eigenvalue weighted by molar-refractivity contribution is 0.323. The molecule has 2 rings (SSSR count). The van der Waals surface area contributed by atoms with Gasteiger partial charge in [-0.3, -0.25) is 4.99 Å². The van der Waals surface area contributed by atoms with Gasteiger partial charge in [-0.15, -0.1) is 0 Å². The van der Waals surface area contributed by atoms with Gasteiger partial charge in [0.1, 0.15) is 0 Å². The minimum atomic E-state index is 0.562. The molecule has 0 fully saturated rings. The zero-order valence-corrected chi connectivity index (χ0v) is 19.2. The topological polar surface area (TPSA) is 82.6 Å². The van der Waals surface area contributed by atoms with Gasteiger partial charge in [-0.25, -0.2) is 0 Å². The second-order valence-corrected chi connectivity index (χ2v) is 6.68. The van der Waals surface area contributed by atoms with Gasteiger partial charge in [0.05, 0.1) is 35.5 Å². The Morgan fingerprint density at radius 2 is 1.35 bits per heavy atom. The smallest absolute Gasteiger partial charge is 0.203 e. The molecule has 0 spiro atoms. The van der Waals surface area contributed by atoms with Gasteiger partial charge < -0.3 is 34.3 Å². The van der Waals surface area contributed by atoms with Crippen LogP contribution in [0.3, 0.4) is 0 Å². The summed E-state index contributed by atoms with van der Waals surface area (Å²) in [5, 5.41) is 6.64. The Bertz CT molecular complexity index is 845. The fourth-order valence-corrected chi connectivity index (χ4v) is 3.18. The number of methoxy groups -OCH3 is 5. The molecule has 0 bridgehead atoms. The summed E-state index contributed by atoms with van der Waals surface area (Å²) in [6.07, 6.45) is 1.86. The molecule has 0 atom stereocenters. The minimum Gasteiger partial charge on any atom is -0.493 e. The third kappa shape index (κ3) is 6.60. The first-order valence-corrected chi connectivity index (χ1v) is 10.0. The first-order valence-electron chi connectivity index (χ1n) is 10.0. The van der Waals surface area contributed by atoms with E-state index >= 15 is 0 Å². The SMILES string of the molecule is CN=C(NCCCc1ccc(OC)c(OC)c1)NCc1cc(OC)c(OC)c(OC)c1. The first kappa shape index (κ1) is 24.0. The molecule has 8 nitrogen and oxygen atoms in total. The van der Waals surface area contributed by atoms with Crippen LogP contribution in [0.4, 0.5) is 0 Å². The number of nitrogens with one attached hydrogen (secondary N) is 2. The lowest BCUT2D eigenvalue weighted by atomic mass is 10.1. The van der Waals surface area contributed by atoms with Crippen LogP contribution in [0.2, 0.25) is 0 Å². The van der Waals surface area contributed by atoms with Gasteiger partial charge in [-0.05, 0) is 48.2 Å². The average Bonchev–Trinajstić information content (AvgIpc) is 2.82. The predicted octanol–water partition coefficient (Wildman–Crippen LogP) is 3.03. The van der Waals surface area contributed by atoms with Crippen LogP contribution in [0.5, 0.6) is 28.7 Å². The van der Waals surface area contributed by atoms with Gasteiger partial charge in [0.15, 0.2) is 29.0 Å². The molecule has 31 heavy (non-hydrogen) atoms. The van der Waals surface area contributed by atoms with Gasteiger partial charge in [0.2, 0.25) is 5.75 Å². The van der Waals surface area contributed by atoms with Crippen molar-refractivity contribution in [3.8, 4) is 28.7 Å². The van der Waals surface area contributed by atoms with E-state index in [0.29, 0.717) is 23.8 Å². The highest BCUT2D eigenvalue weighted by molar-refractivity contribution is 5.79. The fourth-order valence-electron chi connectivity index (χ4n) is 3.18. The van der Waals surface area contributed by atoms with Crippen molar-refractivity contribution in [3.63, 3.8) is 0 Å². The maximum Gasteiger partial charge on any atom is 0.203 e. The third-order valence-electron chi connectivity index (χ3n) is 4.79. The molecule has 0 unspecified atom stereocenters. The van der Waals surface area contributed by atoms with Crippen molar-refractivity contribution in [2.24, 2.45) is 4.99 Å². The standard InChI is InChI=1S/C23H33N3O5/c1-24-23(25-11-7-8-16-9-10-18(27-2)19(12-16)28-3)26-15-17-13-20(29-4)22(31-6)21(14-17)30-5/h9-10,12-14H,7-8,11,15H2,1-6H3,(H2,24,25,26). The van der Waals surface area contributed by atoms with Crippen molar-refractivity contribution in [1.29, 1.82) is 0 Å². The molecule has 0 saturated heterocycles. The summed E-state index contributed by atoms with van der Waals surface area (Å²) in [7, 11) is 9.83. The van der Waals surface area contributed by atoms with Gasteiger partial charge in [0.25, 0.3) is 0 Å². The maximum absolute atomic E-state index is 5.41. The van der Waals surface area contributed by atoms with Crippen LogP contribution in [0.25, 0.3) is 0 Å². The molecule has 0 radical (unpaired) electrons. The Balaban J connectivity index is 1.87. The van der Waals surface area contributed by atoms with Crippen molar-refractivity contribution in [1.82, 2.24) is 10.6 Å². The molecule has 0 saturated carbocycles. The number of aliphatic imine (C=N–C) groups is 1. The quantitative estimate of drug-likeness (QED) is 0.321. The Morgan fingerprint density at radius 1 is 0.742 bits per heavy atom. The van der Waals surface area contributed by atoms with Crippen molar-refractivity contribution >= 4 is 5.96 Å². The van der Waals surface area contributed by atoms with Gasteiger partial charge in [-0.2, -0.15) is 0 Å². The molecule has 0 amide bonds. The lowest BCUT2D eigenvalue weighted by Crippen LogP contribution is -2.37. The van der Waals surface area contributed by atoms with E-state index in [2.05, 4.69) is 21.7 Å². The molecule has 0 aliphatic carbocycles. The molecule has 2 N–H and O–H groups in total. The van der Waals surface area contributed by atoms with Gasteiger partial charge >= 0.3 is 0 Å². The highest BCUT2D eigenvalue weighted by Crippen LogP contribution is 2.38. The molecule has 8 heteroatoms. The monoisotopic (exact) mass is 431 g/mol. The molecule has 2 aromatic rings. The van der Waals surface area contributed by atoms with E-state index in [1.54, 1.807) is 42.6 Å². The number of rotatable bonds is 11. The number of benzene rings is 2. The van der Waals surface area contributed by atoms with Crippen LogP contribution < -0.4 is 34.3 Å². The van der Waals surface area contributed by atoms with E-state index in [1.807, 2.05) is 24.3 Å². The van der Waals surface area contributed by atoms with E-state index in [1.165, 1.54) is 5.56 Å².